The Morgan fingerprint density at radius 1 is 1.16 bits per heavy atom. The zero-order valence-electron chi connectivity index (χ0n) is 17.0. The molecule has 0 saturated carbocycles. The minimum atomic E-state index is -4.68. The number of hydrogen-bond acceptors (Lipinski definition) is 5. The molecule has 3 rings (SSSR count). The second-order valence-corrected chi connectivity index (χ2v) is 7.23. The number of H-pyrrole nitrogens is 1. The van der Waals surface area contributed by atoms with Gasteiger partial charge in [0.2, 0.25) is 0 Å². The van der Waals surface area contributed by atoms with E-state index in [1.165, 1.54) is 19.3 Å². The van der Waals surface area contributed by atoms with Gasteiger partial charge in [-0.1, -0.05) is 0 Å². The summed E-state index contributed by atoms with van der Waals surface area (Å²) >= 11 is 0. The first-order valence-corrected chi connectivity index (χ1v) is 9.08. The molecule has 0 aliphatic heterocycles. The minimum Gasteiger partial charge on any atom is -0.456 e. The van der Waals surface area contributed by atoms with Gasteiger partial charge in [-0.2, -0.15) is 13.2 Å². The fourth-order valence-electron chi connectivity index (χ4n) is 3.02. The highest BCUT2D eigenvalue weighted by Crippen LogP contribution is 2.39. The third-order valence-corrected chi connectivity index (χ3v) is 4.42. The Labute approximate surface area is 175 Å². The lowest BCUT2D eigenvalue weighted by molar-refractivity contribution is -0.136. The number of amides is 1. The molecule has 0 spiro atoms. The van der Waals surface area contributed by atoms with Crippen molar-refractivity contribution in [1.29, 1.82) is 5.41 Å². The molecule has 8 nitrogen and oxygen atoms in total. The summed E-state index contributed by atoms with van der Waals surface area (Å²) in [6, 6.07) is 5.02. The van der Waals surface area contributed by atoms with Crippen LogP contribution >= 0.6 is 0 Å². The lowest BCUT2D eigenvalue weighted by atomic mass is 10.1. The molecule has 0 unspecified atom stereocenters. The third kappa shape index (κ3) is 4.94. The minimum absolute atomic E-state index is 0.0579. The van der Waals surface area contributed by atoms with Gasteiger partial charge in [0.25, 0.3) is 5.91 Å². The summed E-state index contributed by atoms with van der Waals surface area (Å²) < 4.78 is 46.8. The first-order valence-electron chi connectivity index (χ1n) is 9.08. The number of alkyl halides is 3. The number of halogens is 3. The van der Waals surface area contributed by atoms with E-state index in [2.05, 4.69) is 9.97 Å². The van der Waals surface area contributed by atoms with Crippen molar-refractivity contribution in [3.63, 3.8) is 0 Å². The molecular weight excluding hydrogens is 413 g/mol. The molecule has 2 heterocycles. The summed E-state index contributed by atoms with van der Waals surface area (Å²) in [4.78, 5) is 21.8. The van der Waals surface area contributed by atoms with Gasteiger partial charge in [-0.25, -0.2) is 0 Å². The van der Waals surface area contributed by atoms with Crippen LogP contribution in [0.2, 0.25) is 0 Å². The second kappa shape index (κ2) is 8.26. The van der Waals surface area contributed by atoms with Crippen LogP contribution in [0.25, 0.3) is 10.9 Å². The van der Waals surface area contributed by atoms with E-state index in [9.17, 15) is 18.0 Å². The third-order valence-electron chi connectivity index (χ3n) is 4.42. The Hall–Kier alpha value is -3.60. The van der Waals surface area contributed by atoms with Gasteiger partial charge in [-0.05, 0) is 37.9 Å². The van der Waals surface area contributed by atoms with Crippen molar-refractivity contribution in [1.82, 2.24) is 19.8 Å². The van der Waals surface area contributed by atoms with Gasteiger partial charge in [0.15, 0.2) is 5.96 Å². The number of fused-ring (bicyclic) bond motifs is 1. The van der Waals surface area contributed by atoms with Gasteiger partial charge >= 0.3 is 6.18 Å². The fraction of sp³-hybridized carbons (Fsp3) is 0.250. The van der Waals surface area contributed by atoms with Crippen molar-refractivity contribution in [2.45, 2.75) is 12.7 Å². The summed E-state index contributed by atoms with van der Waals surface area (Å²) in [7, 11) is 5.01. The molecule has 164 valence electrons. The van der Waals surface area contributed by atoms with Crippen LogP contribution in [0, 0.1) is 5.41 Å². The number of nitrogens with one attached hydrogen (secondary N) is 2. The van der Waals surface area contributed by atoms with Gasteiger partial charge in [-0.15, -0.1) is 0 Å². The van der Waals surface area contributed by atoms with Crippen molar-refractivity contribution >= 4 is 22.8 Å². The van der Waals surface area contributed by atoms with E-state index in [0.717, 1.165) is 22.6 Å². The number of rotatable bonds is 5. The Balaban J connectivity index is 2.04. The fourth-order valence-corrected chi connectivity index (χ4v) is 3.02. The second-order valence-electron chi connectivity index (χ2n) is 7.23. The van der Waals surface area contributed by atoms with Crippen LogP contribution in [0.15, 0.2) is 36.7 Å². The lowest BCUT2D eigenvalue weighted by Gasteiger charge is -2.13. The van der Waals surface area contributed by atoms with E-state index >= 15 is 0 Å². The number of pyridine rings is 1. The number of carbonyl (C=O) groups is 1. The van der Waals surface area contributed by atoms with Crippen molar-refractivity contribution in [3.05, 3.63) is 53.5 Å². The standard InChI is InChI=1S/C20H21F3N6O2/c1-28(2)10-11-4-13(9-26-8-11)31-12-5-15(20(21,22)23)14-7-17(27-16(14)6-12)18(30)29(3)19(24)25/h4-9,27H,10H2,1-3H3,(H3,24,25). The molecule has 0 bridgehead atoms. The Morgan fingerprint density at radius 3 is 2.48 bits per heavy atom. The Kier molecular flexibility index (Phi) is 5.89. The summed E-state index contributed by atoms with van der Waals surface area (Å²) in [5, 5.41) is 7.14. The topological polar surface area (TPSA) is 111 Å². The van der Waals surface area contributed by atoms with Crippen molar-refractivity contribution in [2.75, 3.05) is 21.1 Å². The first-order chi connectivity index (χ1) is 14.5. The van der Waals surface area contributed by atoms with E-state index in [0.29, 0.717) is 6.54 Å². The number of aromatic amines is 1. The first kappa shape index (κ1) is 22.1. The average molecular weight is 434 g/mol. The summed E-state index contributed by atoms with van der Waals surface area (Å²) in [6.45, 7) is 0.586. The molecule has 0 atom stereocenters. The maximum absolute atomic E-state index is 13.7. The van der Waals surface area contributed by atoms with E-state index in [4.69, 9.17) is 15.9 Å². The molecule has 0 saturated heterocycles. The van der Waals surface area contributed by atoms with E-state index in [1.54, 1.807) is 12.3 Å². The molecule has 31 heavy (non-hydrogen) atoms. The molecule has 0 aliphatic carbocycles. The number of nitrogens with two attached hydrogens (primary N) is 1. The maximum atomic E-state index is 13.7. The largest absolute Gasteiger partial charge is 0.456 e. The normalized spacial score (nSPS) is 11.7. The highest BCUT2D eigenvalue weighted by Gasteiger charge is 2.34. The van der Waals surface area contributed by atoms with Crippen LogP contribution in [-0.2, 0) is 12.7 Å². The van der Waals surface area contributed by atoms with Gasteiger partial charge in [0.1, 0.15) is 17.2 Å². The van der Waals surface area contributed by atoms with Gasteiger partial charge in [0, 0.05) is 31.2 Å². The summed E-state index contributed by atoms with van der Waals surface area (Å²) in [6.07, 6.45) is -1.63. The molecule has 4 N–H and O–H groups in total. The number of hydrogen-bond donors (Lipinski definition) is 3. The summed E-state index contributed by atoms with van der Waals surface area (Å²) in [5.41, 5.74) is 5.08. The van der Waals surface area contributed by atoms with Crippen molar-refractivity contribution < 1.29 is 22.7 Å². The monoisotopic (exact) mass is 434 g/mol. The molecule has 0 radical (unpaired) electrons. The summed E-state index contributed by atoms with van der Waals surface area (Å²) in [5.74, 6) is -1.05. The highest BCUT2D eigenvalue weighted by atomic mass is 19.4. The van der Waals surface area contributed by atoms with Gasteiger partial charge < -0.3 is 20.4 Å². The number of nitrogens with zero attached hydrogens (tertiary/aromatic N) is 3. The number of carbonyl (C=O) groups excluding carboxylic acids is 1. The smallest absolute Gasteiger partial charge is 0.417 e. The van der Waals surface area contributed by atoms with Crippen molar-refractivity contribution in [3.8, 4) is 11.5 Å². The molecule has 11 heteroatoms. The number of benzene rings is 1. The molecule has 0 fully saturated rings. The Morgan fingerprint density at radius 2 is 1.87 bits per heavy atom. The molecule has 2 aromatic heterocycles. The SMILES string of the molecule is CN(C)Cc1cncc(Oc2cc(C(F)(F)F)c3cc(C(=O)N(C)C(=N)N)[nH]c3c2)c1. The molecular formula is C20H21F3N6O2. The zero-order chi connectivity index (χ0) is 22.9. The number of ether oxygens (including phenoxy) is 1. The zero-order valence-corrected chi connectivity index (χ0v) is 17.0. The Bertz CT molecular complexity index is 1140. The van der Waals surface area contributed by atoms with Crippen LogP contribution in [0.1, 0.15) is 21.6 Å². The van der Waals surface area contributed by atoms with Gasteiger partial charge in [-0.3, -0.25) is 20.1 Å². The molecule has 1 amide bonds. The average Bonchev–Trinajstić information content (AvgIpc) is 3.09. The predicted molar refractivity (Wildman–Crippen MR) is 109 cm³/mol. The van der Waals surface area contributed by atoms with Crippen molar-refractivity contribution in [2.24, 2.45) is 5.73 Å². The van der Waals surface area contributed by atoms with E-state index in [1.807, 2.05) is 19.0 Å². The van der Waals surface area contributed by atoms with Crippen LogP contribution in [0.5, 0.6) is 11.5 Å². The van der Waals surface area contributed by atoms with E-state index < -0.39 is 23.6 Å². The molecule has 0 aliphatic rings. The van der Waals surface area contributed by atoms with Crippen LogP contribution < -0.4 is 10.5 Å². The predicted octanol–water partition coefficient (Wildman–Crippen LogP) is 3.40. The number of guanidine groups is 1. The maximum Gasteiger partial charge on any atom is 0.417 e. The quantitative estimate of drug-likeness (QED) is 0.421. The van der Waals surface area contributed by atoms with Crippen LogP contribution in [-0.4, -0.2) is 52.8 Å². The highest BCUT2D eigenvalue weighted by molar-refractivity contribution is 6.06. The van der Waals surface area contributed by atoms with Crippen LogP contribution in [0.3, 0.4) is 0 Å². The lowest BCUT2D eigenvalue weighted by Crippen LogP contribution is -2.38. The molecule has 3 aromatic rings. The number of aromatic nitrogens is 2. The van der Waals surface area contributed by atoms with Crippen LogP contribution in [0.4, 0.5) is 13.2 Å². The molecule has 1 aromatic carbocycles. The van der Waals surface area contributed by atoms with E-state index in [-0.39, 0.29) is 28.1 Å². The van der Waals surface area contributed by atoms with Gasteiger partial charge in [0.05, 0.1) is 17.3 Å².